The zero-order chi connectivity index (χ0) is 14.6. The molecule has 1 heteroatoms. The third kappa shape index (κ3) is 3.80. The lowest BCUT2D eigenvalue weighted by molar-refractivity contribution is -0.126. The largest absolute Gasteiger partial charge is 0.299 e. The fourth-order valence-corrected chi connectivity index (χ4v) is 2.13. The molecule has 0 radical (unpaired) electrons. The Morgan fingerprint density at radius 2 is 1.40 bits per heavy atom. The Labute approximate surface area is 121 Å². The first-order valence-corrected chi connectivity index (χ1v) is 7.14. The molecular formula is C19H22O. The minimum Gasteiger partial charge on any atom is -0.299 e. The lowest BCUT2D eigenvalue weighted by Crippen LogP contribution is -2.20. The molecule has 0 spiro atoms. The highest BCUT2D eigenvalue weighted by molar-refractivity contribution is 5.83. The minimum absolute atomic E-state index is 0.232. The molecule has 20 heavy (non-hydrogen) atoms. The van der Waals surface area contributed by atoms with Gasteiger partial charge in [0.2, 0.25) is 0 Å². The number of benzene rings is 2. The molecule has 0 amide bonds. The van der Waals surface area contributed by atoms with Crippen molar-refractivity contribution >= 4 is 5.78 Å². The maximum atomic E-state index is 11.9. The molecule has 0 saturated carbocycles. The van der Waals surface area contributed by atoms with Gasteiger partial charge in [-0.1, -0.05) is 75.4 Å². The van der Waals surface area contributed by atoms with E-state index in [1.807, 2.05) is 39.0 Å². The summed E-state index contributed by atoms with van der Waals surface area (Å²) in [6, 6.07) is 18.8. The predicted molar refractivity (Wildman–Crippen MR) is 84.7 cm³/mol. The number of ketones is 1. The van der Waals surface area contributed by atoms with Crippen molar-refractivity contribution in [1.29, 1.82) is 0 Å². The molecular weight excluding hydrogens is 244 g/mol. The summed E-state index contributed by atoms with van der Waals surface area (Å²) in [5, 5.41) is 0. The first-order valence-electron chi connectivity index (χ1n) is 7.14. The molecule has 0 aliphatic heterocycles. The summed E-state index contributed by atoms with van der Waals surface area (Å²) < 4.78 is 0. The standard InChI is InChI=1S/C19H22O/c1-19(2,3)18(20)14-11-15-9-12-17(13-10-15)16-7-5-4-6-8-16/h4-10,12-13H,11,14H2,1-3H3. The number of hydrogen-bond donors (Lipinski definition) is 0. The molecule has 0 atom stereocenters. The molecule has 2 aromatic rings. The van der Waals surface area contributed by atoms with Crippen LogP contribution in [0.4, 0.5) is 0 Å². The SMILES string of the molecule is CC(C)(C)C(=O)CCc1ccc(-c2ccccc2)cc1. The zero-order valence-corrected chi connectivity index (χ0v) is 12.5. The van der Waals surface area contributed by atoms with Crippen LogP contribution in [0.25, 0.3) is 11.1 Å². The van der Waals surface area contributed by atoms with Gasteiger partial charge in [-0.3, -0.25) is 4.79 Å². The van der Waals surface area contributed by atoms with Crippen molar-refractivity contribution in [2.45, 2.75) is 33.6 Å². The first-order chi connectivity index (χ1) is 9.47. The zero-order valence-electron chi connectivity index (χ0n) is 12.5. The van der Waals surface area contributed by atoms with Gasteiger partial charge in [0.15, 0.2) is 0 Å². The Bertz CT molecular complexity index is 559. The fourth-order valence-electron chi connectivity index (χ4n) is 2.13. The highest BCUT2D eigenvalue weighted by Crippen LogP contribution is 2.21. The number of hydrogen-bond acceptors (Lipinski definition) is 1. The van der Waals surface area contributed by atoms with Crippen molar-refractivity contribution in [2.75, 3.05) is 0 Å². The normalized spacial score (nSPS) is 11.3. The molecule has 0 aliphatic rings. The molecule has 0 aromatic heterocycles. The van der Waals surface area contributed by atoms with Crippen LogP contribution in [0.2, 0.25) is 0 Å². The lowest BCUT2D eigenvalue weighted by Gasteiger charge is -2.16. The predicted octanol–water partition coefficient (Wildman–Crippen LogP) is 4.90. The Kier molecular flexibility index (Phi) is 4.39. The van der Waals surface area contributed by atoms with Crippen LogP contribution in [0.15, 0.2) is 54.6 Å². The van der Waals surface area contributed by atoms with Gasteiger partial charge in [0.05, 0.1) is 0 Å². The summed E-state index contributed by atoms with van der Waals surface area (Å²) in [6.07, 6.45) is 1.44. The molecule has 2 aromatic carbocycles. The molecule has 0 heterocycles. The van der Waals surface area contributed by atoms with Crippen LogP contribution < -0.4 is 0 Å². The molecule has 2 rings (SSSR count). The van der Waals surface area contributed by atoms with Crippen LogP contribution in [0.1, 0.15) is 32.8 Å². The van der Waals surface area contributed by atoms with E-state index >= 15 is 0 Å². The number of Topliss-reactive ketones (excluding diaryl/α,β-unsaturated/α-hetero) is 1. The molecule has 0 aliphatic carbocycles. The number of carbonyl (C=O) groups excluding carboxylic acids is 1. The topological polar surface area (TPSA) is 17.1 Å². The van der Waals surface area contributed by atoms with E-state index in [4.69, 9.17) is 0 Å². The lowest BCUT2D eigenvalue weighted by atomic mass is 9.87. The second-order valence-corrected chi connectivity index (χ2v) is 6.24. The van der Waals surface area contributed by atoms with Crippen molar-refractivity contribution in [3.05, 3.63) is 60.2 Å². The minimum atomic E-state index is -0.232. The average molecular weight is 266 g/mol. The highest BCUT2D eigenvalue weighted by atomic mass is 16.1. The maximum Gasteiger partial charge on any atom is 0.138 e. The number of rotatable bonds is 4. The van der Waals surface area contributed by atoms with Crippen LogP contribution in [0, 0.1) is 5.41 Å². The summed E-state index contributed by atoms with van der Waals surface area (Å²) in [5.74, 6) is 0.324. The number of aryl methyl sites for hydroxylation is 1. The van der Waals surface area contributed by atoms with Gasteiger partial charge >= 0.3 is 0 Å². The summed E-state index contributed by atoms with van der Waals surface area (Å²) >= 11 is 0. The second-order valence-electron chi connectivity index (χ2n) is 6.24. The first kappa shape index (κ1) is 14.5. The second kappa shape index (κ2) is 6.04. The van der Waals surface area contributed by atoms with Crippen LogP contribution in [-0.4, -0.2) is 5.78 Å². The van der Waals surface area contributed by atoms with Crippen molar-refractivity contribution in [1.82, 2.24) is 0 Å². The summed E-state index contributed by atoms with van der Waals surface area (Å²) in [6.45, 7) is 5.94. The van der Waals surface area contributed by atoms with Crippen LogP contribution >= 0.6 is 0 Å². The Morgan fingerprint density at radius 3 is 1.95 bits per heavy atom. The Balaban J connectivity index is 2.01. The van der Waals surface area contributed by atoms with Gasteiger partial charge in [0, 0.05) is 11.8 Å². The van der Waals surface area contributed by atoms with Gasteiger partial charge in [0.1, 0.15) is 5.78 Å². The van der Waals surface area contributed by atoms with Gasteiger partial charge in [0.25, 0.3) is 0 Å². The van der Waals surface area contributed by atoms with Crippen molar-refractivity contribution in [2.24, 2.45) is 5.41 Å². The van der Waals surface area contributed by atoms with Crippen LogP contribution in [-0.2, 0) is 11.2 Å². The van der Waals surface area contributed by atoms with E-state index in [0.29, 0.717) is 12.2 Å². The molecule has 0 unspecified atom stereocenters. The van der Waals surface area contributed by atoms with Gasteiger partial charge < -0.3 is 0 Å². The Morgan fingerprint density at radius 1 is 0.850 bits per heavy atom. The van der Waals surface area contributed by atoms with E-state index in [0.717, 1.165) is 6.42 Å². The van der Waals surface area contributed by atoms with Gasteiger partial charge in [-0.25, -0.2) is 0 Å². The van der Waals surface area contributed by atoms with Crippen LogP contribution in [0.3, 0.4) is 0 Å². The summed E-state index contributed by atoms with van der Waals surface area (Å²) in [4.78, 5) is 11.9. The van der Waals surface area contributed by atoms with E-state index in [-0.39, 0.29) is 5.41 Å². The van der Waals surface area contributed by atoms with Crippen LogP contribution in [0.5, 0.6) is 0 Å². The maximum absolute atomic E-state index is 11.9. The smallest absolute Gasteiger partial charge is 0.138 e. The van der Waals surface area contributed by atoms with Crippen molar-refractivity contribution in [3.8, 4) is 11.1 Å². The summed E-state index contributed by atoms with van der Waals surface area (Å²) in [7, 11) is 0. The van der Waals surface area contributed by atoms with Gasteiger partial charge in [-0.2, -0.15) is 0 Å². The third-order valence-corrected chi connectivity index (χ3v) is 3.54. The molecule has 0 bridgehead atoms. The van der Waals surface area contributed by atoms with Crippen molar-refractivity contribution < 1.29 is 4.79 Å². The van der Waals surface area contributed by atoms with Gasteiger partial charge in [-0.05, 0) is 23.1 Å². The molecule has 1 nitrogen and oxygen atoms in total. The van der Waals surface area contributed by atoms with E-state index in [1.54, 1.807) is 0 Å². The number of carbonyl (C=O) groups is 1. The van der Waals surface area contributed by atoms with E-state index in [2.05, 4.69) is 36.4 Å². The fraction of sp³-hybridized carbons (Fsp3) is 0.316. The molecule has 0 fully saturated rings. The third-order valence-electron chi connectivity index (χ3n) is 3.54. The molecule has 0 saturated heterocycles. The average Bonchev–Trinajstić information content (AvgIpc) is 2.45. The quantitative estimate of drug-likeness (QED) is 0.769. The summed E-state index contributed by atoms with van der Waals surface area (Å²) in [5.41, 5.74) is 3.44. The van der Waals surface area contributed by atoms with E-state index in [9.17, 15) is 4.79 Å². The Hall–Kier alpha value is -1.89. The van der Waals surface area contributed by atoms with Gasteiger partial charge in [-0.15, -0.1) is 0 Å². The molecule has 0 N–H and O–H groups in total. The monoisotopic (exact) mass is 266 g/mol. The van der Waals surface area contributed by atoms with Crippen molar-refractivity contribution in [3.63, 3.8) is 0 Å². The highest BCUT2D eigenvalue weighted by Gasteiger charge is 2.20. The molecule has 104 valence electrons. The van der Waals surface area contributed by atoms with E-state index < -0.39 is 0 Å². The van der Waals surface area contributed by atoms with E-state index in [1.165, 1.54) is 16.7 Å².